The molecule has 0 aliphatic carbocycles. The molecule has 172 valence electrons. The summed E-state index contributed by atoms with van der Waals surface area (Å²) in [6.07, 6.45) is 1.79. The van der Waals surface area contributed by atoms with Crippen LogP contribution < -0.4 is 19.7 Å². The Labute approximate surface area is 204 Å². The van der Waals surface area contributed by atoms with Gasteiger partial charge in [-0.15, -0.1) is 0 Å². The third kappa shape index (κ3) is 4.10. The highest BCUT2D eigenvalue weighted by Crippen LogP contribution is 2.45. The summed E-state index contributed by atoms with van der Waals surface area (Å²) in [7, 11) is 1.66. The van der Waals surface area contributed by atoms with Crippen LogP contribution in [0.4, 0.5) is 5.69 Å². The molecule has 5 rings (SSSR count). The van der Waals surface area contributed by atoms with Crippen LogP contribution in [0.25, 0.3) is 11.3 Å². The van der Waals surface area contributed by atoms with E-state index in [4.69, 9.17) is 26.1 Å². The molecule has 1 saturated heterocycles. The summed E-state index contributed by atoms with van der Waals surface area (Å²) < 4.78 is 17.6. The van der Waals surface area contributed by atoms with E-state index >= 15 is 0 Å². The lowest BCUT2D eigenvalue weighted by atomic mass is 10.0. The minimum atomic E-state index is -0.254. The van der Waals surface area contributed by atoms with Gasteiger partial charge in [0.05, 0.1) is 31.1 Å². The maximum Gasteiger partial charge on any atom is 0.174 e. The van der Waals surface area contributed by atoms with E-state index in [1.54, 1.807) is 13.3 Å². The number of aromatic nitrogens is 1. The molecule has 1 N–H and O–H groups in total. The van der Waals surface area contributed by atoms with Crippen molar-refractivity contribution in [3.8, 4) is 22.8 Å². The van der Waals surface area contributed by atoms with Gasteiger partial charge >= 0.3 is 0 Å². The first kappa shape index (κ1) is 22.0. The average Bonchev–Trinajstić information content (AvgIpc) is 3.50. The lowest BCUT2D eigenvalue weighted by Crippen LogP contribution is -2.29. The van der Waals surface area contributed by atoms with Crippen LogP contribution >= 0.6 is 12.2 Å². The van der Waals surface area contributed by atoms with Gasteiger partial charge in [0.25, 0.3) is 0 Å². The molecule has 6 nitrogen and oxygen atoms in total. The van der Waals surface area contributed by atoms with Crippen LogP contribution in [0.5, 0.6) is 11.5 Å². The Morgan fingerprint density at radius 3 is 2.53 bits per heavy atom. The van der Waals surface area contributed by atoms with Gasteiger partial charge in [0.2, 0.25) is 0 Å². The van der Waals surface area contributed by atoms with Gasteiger partial charge in [0, 0.05) is 11.8 Å². The van der Waals surface area contributed by atoms with E-state index in [9.17, 15) is 0 Å². The molecule has 0 amide bonds. The van der Waals surface area contributed by atoms with E-state index < -0.39 is 0 Å². The molecule has 2 aromatic heterocycles. The van der Waals surface area contributed by atoms with Crippen LogP contribution in [0, 0.1) is 0 Å². The van der Waals surface area contributed by atoms with Crippen molar-refractivity contribution in [1.29, 1.82) is 0 Å². The predicted molar refractivity (Wildman–Crippen MR) is 136 cm³/mol. The molecule has 34 heavy (non-hydrogen) atoms. The van der Waals surface area contributed by atoms with Gasteiger partial charge in [-0.3, -0.25) is 4.98 Å². The molecule has 3 heterocycles. The number of anilines is 1. The van der Waals surface area contributed by atoms with Gasteiger partial charge in [-0.05, 0) is 79.8 Å². The van der Waals surface area contributed by atoms with Crippen molar-refractivity contribution in [2.75, 3.05) is 18.6 Å². The monoisotopic (exact) mass is 471 g/mol. The number of hydrogen-bond acceptors (Lipinski definition) is 5. The van der Waals surface area contributed by atoms with Crippen LogP contribution in [0.3, 0.4) is 0 Å². The fourth-order valence-electron chi connectivity index (χ4n) is 4.28. The molecule has 1 aliphatic rings. The summed E-state index contributed by atoms with van der Waals surface area (Å²) in [4.78, 5) is 6.65. The van der Waals surface area contributed by atoms with Crippen LogP contribution in [-0.2, 0) is 0 Å². The molecule has 0 unspecified atom stereocenters. The van der Waals surface area contributed by atoms with E-state index in [-0.39, 0.29) is 12.1 Å². The van der Waals surface area contributed by atoms with Crippen LogP contribution in [0.15, 0.2) is 89.5 Å². The third-order valence-electron chi connectivity index (χ3n) is 5.81. The Bertz CT molecular complexity index is 1270. The van der Waals surface area contributed by atoms with E-state index in [1.165, 1.54) is 0 Å². The second-order valence-corrected chi connectivity index (χ2v) is 8.21. The number of ether oxygens (including phenoxy) is 2. The minimum Gasteiger partial charge on any atom is -0.495 e. The number of nitrogens with one attached hydrogen (secondary N) is 1. The summed E-state index contributed by atoms with van der Waals surface area (Å²) in [5, 5.41) is 4.04. The lowest BCUT2D eigenvalue weighted by molar-refractivity contribution is 0.340. The number of para-hydroxylation sites is 2. The maximum absolute atomic E-state index is 6.43. The zero-order valence-electron chi connectivity index (χ0n) is 19.0. The Hall–Kier alpha value is -3.84. The highest BCUT2D eigenvalue weighted by Gasteiger charge is 2.43. The van der Waals surface area contributed by atoms with Crippen LogP contribution in [0.1, 0.15) is 30.5 Å². The molecule has 0 spiro atoms. The number of benzene rings is 2. The van der Waals surface area contributed by atoms with E-state index in [1.807, 2.05) is 90.7 Å². The third-order valence-corrected chi connectivity index (χ3v) is 6.13. The molecule has 4 aromatic rings. The highest BCUT2D eigenvalue weighted by atomic mass is 32.1. The number of pyridine rings is 1. The van der Waals surface area contributed by atoms with Crippen molar-refractivity contribution >= 4 is 23.0 Å². The number of hydrogen-bond donors (Lipinski definition) is 1. The zero-order chi connectivity index (χ0) is 23.5. The van der Waals surface area contributed by atoms with E-state index in [0.29, 0.717) is 11.7 Å². The average molecular weight is 472 g/mol. The number of rotatable bonds is 7. The largest absolute Gasteiger partial charge is 0.495 e. The highest BCUT2D eigenvalue weighted by molar-refractivity contribution is 7.80. The maximum atomic E-state index is 6.43. The van der Waals surface area contributed by atoms with Crippen molar-refractivity contribution in [1.82, 2.24) is 10.3 Å². The van der Waals surface area contributed by atoms with Crippen molar-refractivity contribution in [2.24, 2.45) is 0 Å². The Kier molecular flexibility index (Phi) is 6.18. The normalized spacial score (nSPS) is 17.5. The van der Waals surface area contributed by atoms with Crippen molar-refractivity contribution in [3.05, 3.63) is 96.5 Å². The lowest BCUT2D eigenvalue weighted by Gasteiger charge is -2.27. The van der Waals surface area contributed by atoms with Gasteiger partial charge in [0.15, 0.2) is 5.11 Å². The molecule has 7 heteroatoms. The summed E-state index contributed by atoms with van der Waals surface area (Å²) in [5.41, 5.74) is 2.72. The van der Waals surface area contributed by atoms with Gasteiger partial charge in [0.1, 0.15) is 29.1 Å². The fraction of sp³-hybridized carbons (Fsp3) is 0.185. The summed E-state index contributed by atoms with van der Waals surface area (Å²) in [6, 6.07) is 25.2. The number of nitrogens with zero attached hydrogens (tertiary/aromatic N) is 2. The van der Waals surface area contributed by atoms with Crippen LogP contribution in [-0.4, -0.2) is 23.8 Å². The fourth-order valence-corrected chi connectivity index (χ4v) is 4.62. The standard InChI is InChI=1S/C27H25N3O3S/c1-3-32-19-13-11-18(12-14-19)22-15-16-24(33-22)26-25(20-8-6-7-17-28-20)29-27(34)30(26)21-9-4-5-10-23(21)31-2/h4-17,25-26H,3H2,1-2H3,(H,29,34)/t25-,26-/m0/s1. The molecule has 2 aromatic carbocycles. The van der Waals surface area contributed by atoms with Gasteiger partial charge in [-0.2, -0.15) is 0 Å². The topological polar surface area (TPSA) is 59.8 Å². The molecule has 1 fully saturated rings. The summed E-state index contributed by atoms with van der Waals surface area (Å²) in [6.45, 7) is 2.60. The Morgan fingerprint density at radius 2 is 1.79 bits per heavy atom. The molecule has 0 radical (unpaired) electrons. The van der Waals surface area contributed by atoms with E-state index in [0.717, 1.165) is 40.0 Å². The number of furan rings is 1. The van der Waals surface area contributed by atoms with Crippen molar-refractivity contribution < 1.29 is 13.9 Å². The predicted octanol–water partition coefficient (Wildman–Crippen LogP) is 5.93. The smallest absolute Gasteiger partial charge is 0.174 e. The molecule has 1 aliphatic heterocycles. The number of thiocarbonyl (C=S) groups is 1. The first-order valence-corrected chi connectivity index (χ1v) is 11.6. The molecular formula is C27H25N3O3S. The molecular weight excluding hydrogens is 446 g/mol. The summed E-state index contributed by atoms with van der Waals surface area (Å²) >= 11 is 5.80. The van der Waals surface area contributed by atoms with Crippen molar-refractivity contribution in [3.63, 3.8) is 0 Å². The molecule has 0 saturated carbocycles. The van der Waals surface area contributed by atoms with Crippen molar-refractivity contribution in [2.45, 2.75) is 19.0 Å². The number of methoxy groups -OCH3 is 1. The minimum absolute atomic E-state index is 0.196. The van der Waals surface area contributed by atoms with Gasteiger partial charge in [-0.25, -0.2) is 0 Å². The quantitative estimate of drug-likeness (QED) is 0.335. The first-order valence-electron chi connectivity index (χ1n) is 11.2. The SMILES string of the molecule is CCOc1ccc(-c2ccc([C@H]3[C@H](c4ccccn4)NC(=S)N3c3ccccc3OC)o2)cc1. The van der Waals surface area contributed by atoms with Gasteiger partial charge < -0.3 is 24.1 Å². The summed E-state index contributed by atoms with van der Waals surface area (Å²) in [5.74, 6) is 3.12. The second-order valence-electron chi connectivity index (χ2n) is 7.83. The Balaban J connectivity index is 1.57. The van der Waals surface area contributed by atoms with E-state index in [2.05, 4.69) is 10.3 Å². The molecule has 2 atom stereocenters. The van der Waals surface area contributed by atoms with Gasteiger partial charge in [-0.1, -0.05) is 18.2 Å². The zero-order valence-corrected chi connectivity index (χ0v) is 19.8. The van der Waals surface area contributed by atoms with Crippen LogP contribution in [0.2, 0.25) is 0 Å². The first-order chi connectivity index (χ1) is 16.7. The second kappa shape index (κ2) is 9.57. The Morgan fingerprint density at radius 1 is 1.00 bits per heavy atom. The molecule has 0 bridgehead atoms.